The number of carboxylic acid groups (broad SMARTS) is 1. The van der Waals surface area contributed by atoms with Crippen LogP contribution >= 0.6 is 11.6 Å². The standard InChI is InChI=1S/C13H13ClN2O4S/c1-8(9-3-2-4-10(14)5-9)16-21(19,20)11-6-12(13(17)18)15-7-11/h2-8,15-16H,1H3,(H,17,18)/t8-/m1/s1. The summed E-state index contributed by atoms with van der Waals surface area (Å²) in [5, 5.41) is 9.30. The van der Waals surface area contributed by atoms with Crippen molar-refractivity contribution < 1.29 is 18.3 Å². The number of benzene rings is 1. The second kappa shape index (κ2) is 5.88. The molecular formula is C13H13ClN2O4S. The van der Waals surface area contributed by atoms with Crippen LogP contribution in [0.25, 0.3) is 0 Å². The lowest BCUT2D eigenvalue weighted by atomic mass is 10.1. The van der Waals surface area contributed by atoms with Crippen LogP contribution in [0.15, 0.2) is 41.4 Å². The number of H-pyrrole nitrogens is 1. The fraction of sp³-hybridized carbons (Fsp3) is 0.154. The van der Waals surface area contributed by atoms with Crippen LogP contribution in [0.1, 0.15) is 29.0 Å². The Morgan fingerprint density at radius 3 is 2.67 bits per heavy atom. The van der Waals surface area contributed by atoms with E-state index in [1.165, 1.54) is 0 Å². The van der Waals surface area contributed by atoms with Gasteiger partial charge in [-0.25, -0.2) is 17.9 Å². The predicted molar refractivity (Wildman–Crippen MR) is 77.9 cm³/mol. The lowest BCUT2D eigenvalue weighted by Crippen LogP contribution is -2.26. The number of nitrogens with one attached hydrogen (secondary N) is 2. The highest BCUT2D eigenvalue weighted by molar-refractivity contribution is 7.89. The first-order valence-corrected chi connectivity index (χ1v) is 7.85. The van der Waals surface area contributed by atoms with Gasteiger partial charge < -0.3 is 10.1 Å². The zero-order valence-corrected chi connectivity index (χ0v) is 12.6. The Bertz CT molecular complexity index is 770. The molecule has 0 amide bonds. The molecule has 0 aliphatic rings. The number of hydrogen-bond acceptors (Lipinski definition) is 3. The topological polar surface area (TPSA) is 99.3 Å². The smallest absolute Gasteiger partial charge is 0.352 e. The quantitative estimate of drug-likeness (QED) is 0.784. The molecule has 6 nitrogen and oxygen atoms in total. The molecule has 1 heterocycles. The molecule has 0 saturated heterocycles. The van der Waals surface area contributed by atoms with E-state index < -0.39 is 22.0 Å². The van der Waals surface area contributed by atoms with Crippen LogP contribution in [-0.4, -0.2) is 24.5 Å². The molecule has 21 heavy (non-hydrogen) atoms. The third-order valence-corrected chi connectivity index (χ3v) is 4.63. The van der Waals surface area contributed by atoms with Gasteiger partial charge in [0.25, 0.3) is 0 Å². The maximum atomic E-state index is 12.2. The van der Waals surface area contributed by atoms with E-state index in [1.807, 2.05) is 0 Å². The molecule has 0 saturated carbocycles. The molecule has 3 N–H and O–H groups in total. The van der Waals surface area contributed by atoms with Gasteiger partial charge in [0.05, 0.1) is 0 Å². The lowest BCUT2D eigenvalue weighted by Gasteiger charge is -2.14. The number of aromatic nitrogens is 1. The van der Waals surface area contributed by atoms with Crippen molar-refractivity contribution in [3.8, 4) is 0 Å². The van der Waals surface area contributed by atoms with Gasteiger partial charge in [0.15, 0.2) is 0 Å². The Hall–Kier alpha value is -1.83. The summed E-state index contributed by atoms with van der Waals surface area (Å²) in [5.74, 6) is -1.22. The molecule has 0 aliphatic heterocycles. The molecule has 0 fully saturated rings. The van der Waals surface area contributed by atoms with E-state index in [0.29, 0.717) is 10.6 Å². The predicted octanol–water partition coefficient (Wildman–Crippen LogP) is 2.41. The largest absolute Gasteiger partial charge is 0.477 e. The number of hydrogen-bond donors (Lipinski definition) is 3. The number of aromatic carboxylic acids is 1. The first-order chi connectivity index (χ1) is 9.79. The summed E-state index contributed by atoms with van der Waals surface area (Å²) in [6.45, 7) is 1.67. The number of carboxylic acids is 1. The second-order valence-electron chi connectivity index (χ2n) is 4.45. The molecule has 2 aromatic rings. The Balaban J connectivity index is 2.22. The Labute approximate surface area is 126 Å². The molecule has 1 aromatic heterocycles. The van der Waals surface area contributed by atoms with E-state index in [9.17, 15) is 13.2 Å². The molecular weight excluding hydrogens is 316 g/mol. The zero-order chi connectivity index (χ0) is 15.6. The van der Waals surface area contributed by atoms with Gasteiger partial charge in [-0.2, -0.15) is 0 Å². The van der Waals surface area contributed by atoms with Gasteiger partial charge in [0.2, 0.25) is 10.0 Å². The van der Waals surface area contributed by atoms with E-state index in [1.54, 1.807) is 31.2 Å². The summed E-state index contributed by atoms with van der Waals surface area (Å²) in [6, 6.07) is 7.39. The van der Waals surface area contributed by atoms with E-state index in [2.05, 4.69) is 9.71 Å². The summed E-state index contributed by atoms with van der Waals surface area (Å²) >= 11 is 5.87. The highest BCUT2D eigenvalue weighted by Gasteiger charge is 2.21. The monoisotopic (exact) mass is 328 g/mol. The van der Waals surface area contributed by atoms with Gasteiger partial charge in [0, 0.05) is 17.3 Å². The summed E-state index contributed by atoms with van der Waals surface area (Å²) in [4.78, 5) is 13.0. The van der Waals surface area contributed by atoms with Crippen molar-refractivity contribution >= 4 is 27.6 Å². The zero-order valence-electron chi connectivity index (χ0n) is 11.0. The van der Waals surface area contributed by atoms with Crippen molar-refractivity contribution in [2.24, 2.45) is 0 Å². The Morgan fingerprint density at radius 1 is 1.38 bits per heavy atom. The average Bonchev–Trinajstić information content (AvgIpc) is 2.88. The third kappa shape index (κ3) is 3.63. The van der Waals surface area contributed by atoms with Crippen LogP contribution in [-0.2, 0) is 10.0 Å². The highest BCUT2D eigenvalue weighted by Crippen LogP contribution is 2.20. The van der Waals surface area contributed by atoms with Crippen molar-refractivity contribution in [2.75, 3.05) is 0 Å². The van der Waals surface area contributed by atoms with Gasteiger partial charge in [-0.1, -0.05) is 23.7 Å². The van der Waals surface area contributed by atoms with Gasteiger partial charge in [-0.05, 0) is 30.7 Å². The van der Waals surface area contributed by atoms with Crippen LogP contribution in [0.2, 0.25) is 5.02 Å². The van der Waals surface area contributed by atoms with E-state index in [4.69, 9.17) is 16.7 Å². The lowest BCUT2D eigenvalue weighted by molar-refractivity contribution is 0.0691. The minimum Gasteiger partial charge on any atom is -0.477 e. The van der Waals surface area contributed by atoms with E-state index >= 15 is 0 Å². The SMILES string of the molecule is C[C@@H](NS(=O)(=O)c1c[nH]c(C(=O)O)c1)c1cccc(Cl)c1. The molecule has 112 valence electrons. The molecule has 0 bridgehead atoms. The maximum absolute atomic E-state index is 12.2. The second-order valence-corrected chi connectivity index (χ2v) is 6.60. The van der Waals surface area contributed by atoms with Crippen molar-refractivity contribution in [1.82, 2.24) is 9.71 Å². The third-order valence-electron chi connectivity index (χ3n) is 2.88. The number of halogens is 1. The van der Waals surface area contributed by atoms with Gasteiger partial charge in [-0.3, -0.25) is 0 Å². The molecule has 0 spiro atoms. The molecule has 0 unspecified atom stereocenters. The van der Waals surface area contributed by atoms with Crippen LogP contribution in [0.3, 0.4) is 0 Å². The number of rotatable bonds is 5. The average molecular weight is 329 g/mol. The Kier molecular flexibility index (Phi) is 4.36. The number of aromatic amines is 1. The van der Waals surface area contributed by atoms with E-state index in [0.717, 1.165) is 12.3 Å². The van der Waals surface area contributed by atoms with Gasteiger partial charge in [0.1, 0.15) is 10.6 Å². The number of sulfonamides is 1. The Morgan fingerprint density at radius 2 is 2.10 bits per heavy atom. The molecule has 1 aromatic carbocycles. The van der Waals surface area contributed by atoms with Crippen LogP contribution < -0.4 is 4.72 Å². The maximum Gasteiger partial charge on any atom is 0.352 e. The fourth-order valence-electron chi connectivity index (χ4n) is 1.80. The van der Waals surface area contributed by atoms with Gasteiger partial charge >= 0.3 is 5.97 Å². The van der Waals surface area contributed by atoms with Gasteiger partial charge in [-0.15, -0.1) is 0 Å². The van der Waals surface area contributed by atoms with Crippen molar-refractivity contribution in [3.05, 3.63) is 52.8 Å². The summed E-state index contributed by atoms with van der Waals surface area (Å²) in [6.07, 6.45) is 1.14. The first kappa shape index (κ1) is 15.6. The molecule has 1 atom stereocenters. The van der Waals surface area contributed by atoms with Crippen LogP contribution in [0.5, 0.6) is 0 Å². The normalized spacial score (nSPS) is 13.0. The minimum atomic E-state index is -3.82. The first-order valence-electron chi connectivity index (χ1n) is 5.99. The summed E-state index contributed by atoms with van der Waals surface area (Å²) in [7, 11) is -3.82. The molecule has 0 aliphatic carbocycles. The molecule has 0 radical (unpaired) electrons. The fourth-order valence-corrected chi connectivity index (χ4v) is 3.22. The summed E-state index contributed by atoms with van der Waals surface area (Å²) < 4.78 is 26.8. The van der Waals surface area contributed by atoms with Crippen molar-refractivity contribution in [3.63, 3.8) is 0 Å². The van der Waals surface area contributed by atoms with Crippen LogP contribution in [0, 0.1) is 0 Å². The summed E-state index contributed by atoms with van der Waals surface area (Å²) in [5.41, 5.74) is 0.519. The van der Waals surface area contributed by atoms with Crippen molar-refractivity contribution in [1.29, 1.82) is 0 Å². The number of carbonyl (C=O) groups is 1. The minimum absolute atomic E-state index is 0.131. The van der Waals surface area contributed by atoms with Crippen LogP contribution in [0.4, 0.5) is 0 Å². The highest BCUT2D eigenvalue weighted by atomic mass is 35.5. The van der Waals surface area contributed by atoms with Crippen molar-refractivity contribution in [2.45, 2.75) is 17.9 Å². The molecule has 2 rings (SSSR count). The van der Waals surface area contributed by atoms with E-state index in [-0.39, 0.29) is 10.6 Å². The molecule has 8 heteroatoms.